The molecule has 0 saturated heterocycles. The van der Waals surface area contributed by atoms with Crippen LogP contribution in [0.3, 0.4) is 0 Å². The number of benzene rings is 3. The van der Waals surface area contributed by atoms with Gasteiger partial charge >= 0.3 is 11.9 Å². The largest absolute Gasteiger partial charge is 0.481 e. The van der Waals surface area contributed by atoms with Gasteiger partial charge < -0.3 is 9.84 Å². The molecule has 1 aliphatic rings. The summed E-state index contributed by atoms with van der Waals surface area (Å²) < 4.78 is 5.61. The number of fused-ring (bicyclic) bond motifs is 2. The number of rotatable bonds is 6. The van der Waals surface area contributed by atoms with E-state index < -0.39 is 18.0 Å². The van der Waals surface area contributed by atoms with Crippen LogP contribution in [0.2, 0.25) is 0 Å². The minimum absolute atomic E-state index is 0.230. The highest BCUT2D eigenvalue weighted by Crippen LogP contribution is 2.18. The number of ether oxygens (including phenoxy) is 1. The van der Waals surface area contributed by atoms with Crippen molar-refractivity contribution in [3.63, 3.8) is 0 Å². The molecular weight excluding hydrogens is 364 g/mol. The first-order valence-electron chi connectivity index (χ1n) is 9.79. The fraction of sp³-hybridized carbons (Fsp3) is 0.200. The SMILES string of the molecule is O=C(O)CC(Cc1ccc2c(c1)=CCCC=2)OC(=O)c1ccc2ccccc2c1. The Hall–Kier alpha value is -3.40. The topological polar surface area (TPSA) is 63.6 Å². The summed E-state index contributed by atoms with van der Waals surface area (Å²) >= 11 is 0. The fourth-order valence-electron chi connectivity index (χ4n) is 3.74. The molecular formula is C25H22O4. The van der Waals surface area contributed by atoms with Crippen molar-refractivity contribution in [2.45, 2.75) is 31.8 Å². The van der Waals surface area contributed by atoms with Crippen molar-refractivity contribution < 1.29 is 19.4 Å². The van der Waals surface area contributed by atoms with Gasteiger partial charge in [-0.3, -0.25) is 4.79 Å². The Labute approximate surface area is 168 Å². The first-order chi connectivity index (χ1) is 14.1. The third-order valence-corrected chi connectivity index (χ3v) is 5.17. The first kappa shape index (κ1) is 18.9. The third-order valence-electron chi connectivity index (χ3n) is 5.17. The molecule has 29 heavy (non-hydrogen) atoms. The van der Waals surface area contributed by atoms with Crippen LogP contribution in [-0.2, 0) is 16.0 Å². The molecule has 0 fully saturated rings. The zero-order valence-electron chi connectivity index (χ0n) is 16.0. The molecule has 0 saturated carbocycles. The van der Waals surface area contributed by atoms with Gasteiger partial charge in [0.2, 0.25) is 0 Å². The van der Waals surface area contributed by atoms with Crippen molar-refractivity contribution in [3.05, 3.63) is 82.2 Å². The van der Waals surface area contributed by atoms with Crippen molar-refractivity contribution in [1.82, 2.24) is 0 Å². The van der Waals surface area contributed by atoms with E-state index in [9.17, 15) is 14.7 Å². The lowest BCUT2D eigenvalue weighted by Crippen LogP contribution is -2.29. The molecule has 0 aromatic heterocycles. The molecule has 4 rings (SSSR count). The predicted molar refractivity (Wildman–Crippen MR) is 113 cm³/mol. The van der Waals surface area contributed by atoms with E-state index in [0.29, 0.717) is 12.0 Å². The van der Waals surface area contributed by atoms with E-state index in [-0.39, 0.29) is 6.42 Å². The normalized spacial score (nSPS) is 13.7. The lowest BCUT2D eigenvalue weighted by atomic mass is 10.0. The Kier molecular flexibility index (Phi) is 5.43. The molecule has 3 aromatic rings. The van der Waals surface area contributed by atoms with Gasteiger partial charge in [-0.25, -0.2) is 4.79 Å². The van der Waals surface area contributed by atoms with Crippen LogP contribution >= 0.6 is 0 Å². The van der Waals surface area contributed by atoms with E-state index in [1.165, 1.54) is 5.22 Å². The molecule has 0 bridgehead atoms. The van der Waals surface area contributed by atoms with E-state index >= 15 is 0 Å². The second-order valence-corrected chi connectivity index (χ2v) is 7.34. The molecule has 1 N–H and O–H groups in total. The smallest absolute Gasteiger partial charge is 0.338 e. The summed E-state index contributed by atoms with van der Waals surface area (Å²) in [5, 5.41) is 13.6. The van der Waals surface area contributed by atoms with Crippen molar-refractivity contribution in [1.29, 1.82) is 0 Å². The molecule has 4 heteroatoms. The van der Waals surface area contributed by atoms with Gasteiger partial charge in [0, 0.05) is 6.42 Å². The Morgan fingerprint density at radius 3 is 2.45 bits per heavy atom. The van der Waals surface area contributed by atoms with Gasteiger partial charge in [-0.15, -0.1) is 0 Å². The average molecular weight is 386 g/mol. The Morgan fingerprint density at radius 2 is 1.66 bits per heavy atom. The highest BCUT2D eigenvalue weighted by molar-refractivity contribution is 5.95. The van der Waals surface area contributed by atoms with Crippen LogP contribution < -0.4 is 10.4 Å². The molecule has 146 valence electrons. The molecule has 1 aliphatic carbocycles. The number of aliphatic carboxylic acids is 1. The molecule has 1 atom stereocenters. The van der Waals surface area contributed by atoms with E-state index in [1.54, 1.807) is 12.1 Å². The lowest BCUT2D eigenvalue weighted by molar-refractivity contribution is -0.139. The Morgan fingerprint density at radius 1 is 0.897 bits per heavy atom. The molecule has 0 spiro atoms. The summed E-state index contributed by atoms with van der Waals surface area (Å²) in [6.07, 6.45) is 5.85. The van der Waals surface area contributed by atoms with Crippen LogP contribution in [0, 0.1) is 0 Å². The van der Waals surface area contributed by atoms with Gasteiger partial charge in [-0.2, -0.15) is 0 Å². The van der Waals surface area contributed by atoms with Gasteiger partial charge in [-0.1, -0.05) is 60.7 Å². The second-order valence-electron chi connectivity index (χ2n) is 7.34. The van der Waals surface area contributed by atoms with Gasteiger partial charge in [-0.05, 0) is 51.7 Å². The van der Waals surface area contributed by atoms with Crippen LogP contribution in [0.25, 0.3) is 22.9 Å². The van der Waals surface area contributed by atoms with Crippen LogP contribution in [0.4, 0.5) is 0 Å². The highest BCUT2D eigenvalue weighted by Gasteiger charge is 2.20. The highest BCUT2D eigenvalue weighted by atomic mass is 16.5. The molecule has 0 radical (unpaired) electrons. The number of carbonyl (C=O) groups is 2. The van der Waals surface area contributed by atoms with Crippen molar-refractivity contribution in [3.8, 4) is 0 Å². The maximum absolute atomic E-state index is 12.7. The quantitative estimate of drug-likeness (QED) is 0.659. The second kappa shape index (κ2) is 8.31. The minimum atomic E-state index is -0.987. The number of hydrogen-bond acceptors (Lipinski definition) is 3. The van der Waals surface area contributed by atoms with E-state index in [0.717, 1.165) is 34.4 Å². The monoisotopic (exact) mass is 386 g/mol. The van der Waals surface area contributed by atoms with Crippen molar-refractivity contribution in [2.24, 2.45) is 0 Å². The molecule has 4 nitrogen and oxygen atoms in total. The summed E-state index contributed by atoms with van der Waals surface area (Å²) in [6, 6.07) is 19.2. The number of carbonyl (C=O) groups excluding carboxylic acids is 1. The summed E-state index contributed by atoms with van der Waals surface area (Å²) in [6.45, 7) is 0. The fourth-order valence-corrected chi connectivity index (χ4v) is 3.74. The van der Waals surface area contributed by atoms with Crippen molar-refractivity contribution >= 4 is 34.9 Å². The Balaban J connectivity index is 1.55. The maximum atomic E-state index is 12.7. The molecule has 3 aromatic carbocycles. The lowest BCUT2D eigenvalue weighted by Gasteiger charge is -2.17. The third kappa shape index (κ3) is 4.54. The zero-order valence-corrected chi connectivity index (χ0v) is 16.0. The van der Waals surface area contributed by atoms with E-state index in [1.807, 2.05) is 42.5 Å². The van der Waals surface area contributed by atoms with Gasteiger partial charge in [0.25, 0.3) is 0 Å². The molecule has 0 heterocycles. The van der Waals surface area contributed by atoms with Gasteiger partial charge in [0.15, 0.2) is 0 Å². The molecule has 1 unspecified atom stereocenters. The minimum Gasteiger partial charge on any atom is -0.481 e. The standard InChI is InChI=1S/C25H22O4/c26-24(27)16-23(14-17-9-10-18-5-1-3-7-20(18)13-17)29-25(28)22-12-11-19-6-2-4-8-21(19)15-22/h2,4-13,15,23H,1,3,14,16H2,(H,26,27). The maximum Gasteiger partial charge on any atom is 0.338 e. The predicted octanol–water partition coefficient (Wildman–Crippen LogP) is 3.44. The zero-order chi connectivity index (χ0) is 20.2. The van der Waals surface area contributed by atoms with Crippen LogP contribution in [0.15, 0.2) is 60.7 Å². The Bertz CT molecular complexity index is 1190. The summed E-state index contributed by atoms with van der Waals surface area (Å²) in [7, 11) is 0. The number of carboxylic acids is 1. The summed E-state index contributed by atoms with van der Waals surface area (Å²) in [5.74, 6) is -1.49. The van der Waals surface area contributed by atoms with Crippen LogP contribution in [0.5, 0.6) is 0 Å². The van der Waals surface area contributed by atoms with Gasteiger partial charge in [0.05, 0.1) is 12.0 Å². The molecule has 0 aliphatic heterocycles. The summed E-state index contributed by atoms with van der Waals surface area (Å²) in [5.41, 5.74) is 1.39. The molecule has 0 amide bonds. The van der Waals surface area contributed by atoms with E-state index in [4.69, 9.17) is 4.74 Å². The van der Waals surface area contributed by atoms with Gasteiger partial charge in [0.1, 0.15) is 6.10 Å². The van der Waals surface area contributed by atoms with Crippen LogP contribution in [0.1, 0.15) is 35.2 Å². The van der Waals surface area contributed by atoms with Crippen LogP contribution in [-0.4, -0.2) is 23.1 Å². The van der Waals surface area contributed by atoms with E-state index in [2.05, 4.69) is 18.2 Å². The number of hydrogen-bond donors (Lipinski definition) is 1. The first-order valence-corrected chi connectivity index (χ1v) is 9.79. The summed E-state index contributed by atoms with van der Waals surface area (Å²) in [4.78, 5) is 24.0. The average Bonchev–Trinajstić information content (AvgIpc) is 2.72. The van der Waals surface area contributed by atoms with Crippen molar-refractivity contribution in [2.75, 3.05) is 0 Å². The number of esters is 1. The number of carboxylic acid groups (broad SMARTS) is 1.